The molecule has 0 aromatic carbocycles. The van der Waals surface area contributed by atoms with Gasteiger partial charge in [0.2, 0.25) is 0 Å². The van der Waals surface area contributed by atoms with Crippen LogP contribution in [0.3, 0.4) is 0 Å². The average molecular weight is 245 g/mol. The van der Waals surface area contributed by atoms with E-state index in [0.717, 1.165) is 11.5 Å². The second-order valence-electron chi connectivity index (χ2n) is 3.88. The summed E-state index contributed by atoms with van der Waals surface area (Å²) in [6.07, 6.45) is 5.00. The maximum Gasteiger partial charge on any atom is 0.272 e. The number of imidazole rings is 1. The van der Waals surface area contributed by atoms with Crippen molar-refractivity contribution >= 4 is 11.6 Å². The summed E-state index contributed by atoms with van der Waals surface area (Å²) in [5, 5.41) is 2.98. The van der Waals surface area contributed by atoms with Gasteiger partial charge >= 0.3 is 0 Å². The third-order valence-electron chi connectivity index (χ3n) is 2.56. The van der Waals surface area contributed by atoms with Gasteiger partial charge in [-0.3, -0.25) is 9.78 Å². The van der Waals surface area contributed by atoms with Gasteiger partial charge in [-0.2, -0.15) is 0 Å². The van der Waals surface area contributed by atoms with E-state index in [2.05, 4.69) is 20.3 Å². The first-order chi connectivity index (χ1) is 8.70. The fourth-order valence-electron chi connectivity index (χ4n) is 1.58. The highest BCUT2D eigenvalue weighted by atomic mass is 16.2. The zero-order valence-corrected chi connectivity index (χ0v) is 10.3. The highest BCUT2D eigenvalue weighted by molar-refractivity contribution is 5.92. The van der Waals surface area contributed by atoms with Crippen molar-refractivity contribution in [3.63, 3.8) is 0 Å². The molecule has 0 saturated carbocycles. The number of rotatable bonds is 4. The van der Waals surface area contributed by atoms with Crippen molar-refractivity contribution in [2.45, 2.75) is 6.54 Å². The Bertz CT molecular complexity index is 523. The van der Waals surface area contributed by atoms with Gasteiger partial charge in [0, 0.05) is 38.4 Å². The Morgan fingerprint density at radius 3 is 2.94 bits per heavy atom. The third kappa shape index (κ3) is 2.65. The van der Waals surface area contributed by atoms with Crippen molar-refractivity contribution in [3.05, 3.63) is 42.2 Å². The first-order valence-corrected chi connectivity index (χ1v) is 5.58. The molecule has 0 spiro atoms. The minimum absolute atomic E-state index is 0.136. The molecule has 0 unspecified atom stereocenters. The summed E-state index contributed by atoms with van der Waals surface area (Å²) < 4.78 is 0. The zero-order chi connectivity index (χ0) is 13.0. The van der Waals surface area contributed by atoms with E-state index in [0.29, 0.717) is 12.2 Å². The number of anilines is 1. The Hall–Kier alpha value is -2.37. The van der Waals surface area contributed by atoms with Crippen LogP contribution in [0.15, 0.2) is 30.7 Å². The molecule has 0 aliphatic heterocycles. The monoisotopic (exact) mass is 245 g/mol. The molecule has 0 fully saturated rings. The van der Waals surface area contributed by atoms with Gasteiger partial charge < -0.3 is 15.2 Å². The Labute approximate surface area is 105 Å². The van der Waals surface area contributed by atoms with Gasteiger partial charge in [0.1, 0.15) is 11.5 Å². The van der Waals surface area contributed by atoms with E-state index in [9.17, 15) is 4.79 Å². The van der Waals surface area contributed by atoms with E-state index in [1.807, 2.05) is 6.07 Å². The van der Waals surface area contributed by atoms with E-state index in [4.69, 9.17) is 0 Å². The summed E-state index contributed by atoms with van der Waals surface area (Å²) >= 11 is 0. The molecule has 18 heavy (non-hydrogen) atoms. The molecule has 2 aromatic heterocycles. The molecule has 2 rings (SSSR count). The number of aromatic nitrogens is 3. The smallest absolute Gasteiger partial charge is 0.272 e. The number of carbonyl (C=O) groups is 1. The van der Waals surface area contributed by atoms with Gasteiger partial charge in [0.25, 0.3) is 5.91 Å². The van der Waals surface area contributed by atoms with Crippen molar-refractivity contribution in [2.24, 2.45) is 0 Å². The molecule has 0 aliphatic rings. The van der Waals surface area contributed by atoms with Gasteiger partial charge in [-0.1, -0.05) is 0 Å². The Morgan fingerprint density at radius 1 is 1.44 bits per heavy atom. The number of hydrogen-bond acceptors (Lipinski definition) is 4. The molecule has 0 saturated heterocycles. The Kier molecular flexibility index (Phi) is 3.57. The van der Waals surface area contributed by atoms with Gasteiger partial charge in [0.15, 0.2) is 0 Å². The average Bonchev–Trinajstić information content (AvgIpc) is 2.90. The Morgan fingerprint density at radius 2 is 2.28 bits per heavy atom. The van der Waals surface area contributed by atoms with Crippen molar-refractivity contribution in [1.82, 2.24) is 19.9 Å². The molecule has 2 aromatic rings. The predicted molar refractivity (Wildman–Crippen MR) is 68.2 cm³/mol. The van der Waals surface area contributed by atoms with Crippen LogP contribution < -0.4 is 5.32 Å². The van der Waals surface area contributed by atoms with Crippen LogP contribution in [0.25, 0.3) is 0 Å². The molecule has 0 aliphatic carbocycles. The lowest BCUT2D eigenvalue weighted by atomic mass is 10.3. The van der Waals surface area contributed by atoms with E-state index in [-0.39, 0.29) is 5.91 Å². The maximum absolute atomic E-state index is 12.1. The zero-order valence-electron chi connectivity index (χ0n) is 10.3. The van der Waals surface area contributed by atoms with E-state index >= 15 is 0 Å². The minimum Gasteiger partial charge on any atom is -0.388 e. The molecule has 94 valence electrons. The van der Waals surface area contributed by atoms with Crippen LogP contribution in [-0.2, 0) is 6.54 Å². The largest absolute Gasteiger partial charge is 0.388 e. The van der Waals surface area contributed by atoms with E-state index in [1.54, 1.807) is 43.7 Å². The van der Waals surface area contributed by atoms with Gasteiger partial charge in [-0.05, 0) is 12.1 Å². The molecular weight excluding hydrogens is 230 g/mol. The number of nitrogens with zero attached hydrogens (tertiary/aromatic N) is 3. The fourth-order valence-corrected chi connectivity index (χ4v) is 1.58. The lowest BCUT2D eigenvalue weighted by molar-refractivity contribution is 0.0776. The molecule has 2 N–H and O–H groups in total. The molecule has 6 nitrogen and oxygen atoms in total. The van der Waals surface area contributed by atoms with Crippen molar-refractivity contribution < 1.29 is 4.79 Å². The topological polar surface area (TPSA) is 73.9 Å². The first-order valence-electron chi connectivity index (χ1n) is 5.58. The minimum atomic E-state index is -0.136. The van der Waals surface area contributed by atoms with Crippen LogP contribution in [0.5, 0.6) is 0 Å². The molecule has 1 amide bonds. The predicted octanol–water partition coefficient (Wildman–Crippen LogP) is 1.12. The van der Waals surface area contributed by atoms with Crippen LogP contribution in [0.1, 0.15) is 16.3 Å². The fraction of sp³-hybridized carbons (Fsp3) is 0.250. The van der Waals surface area contributed by atoms with Crippen LogP contribution >= 0.6 is 0 Å². The molecule has 6 heteroatoms. The second-order valence-corrected chi connectivity index (χ2v) is 3.88. The van der Waals surface area contributed by atoms with Crippen molar-refractivity contribution in [3.8, 4) is 0 Å². The number of aromatic amines is 1. The van der Waals surface area contributed by atoms with Gasteiger partial charge in [-0.15, -0.1) is 0 Å². The second kappa shape index (κ2) is 5.31. The van der Waals surface area contributed by atoms with Gasteiger partial charge in [0.05, 0.1) is 6.54 Å². The summed E-state index contributed by atoms with van der Waals surface area (Å²) in [5.74, 6) is 0.610. The molecular formula is C12H15N5O. The number of H-pyrrole nitrogens is 1. The summed E-state index contributed by atoms with van der Waals surface area (Å²) in [6, 6.07) is 3.53. The highest BCUT2D eigenvalue weighted by Crippen LogP contribution is 2.09. The SMILES string of the molecule is CNc1ccnc(C(=O)N(C)Cc2ncc[nH]2)c1. The quantitative estimate of drug-likeness (QED) is 0.846. The standard InChI is InChI=1S/C12H15N5O/c1-13-9-3-4-14-10(7-9)12(18)17(2)8-11-15-5-6-16-11/h3-7H,8H2,1-2H3,(H,13,14)(H,15,16). The number of amides is 1. The normalized spacial score (nSPS) is 10.1. The molecule has 2 heterocycles. The van der Waals surface area contributed by atoms with Crippen LogP contribution in [0.2, 0.25) is 0 Å². The maximum atomic E-state index is 12.1. The lowest BCUT2D eigenvalue weighted by Gasteiger charge is -2.15. The van der Waals surface area contributed by atoms with Crippen LogP contribution in [0, 0.1) is 0 Å². The van der Waals surface area contributed by atoms with Crippen LogP contribution in [-0.4, -0.2) is 39.9 Å². The molecule has 0 radical (unpaired) electrons. The number of nitrogens with one attached hydrogen (secondary N) is 2. The van der Waals surface area contributed by atoms with Crippen molar-refractivity contribution in [2.75, 3.05) is 19.4 Å². The van der Waals surface area contributed by atoms with Crippen LogP contribution in [0.4, 0.5) is 5.69 Å². The van der Waals surface area contributed by atoms with E-state index in [1.165, 1.54) is 0 Å². The van der Waals surface area contributed by atoms with Gasteiger partial charge in [-0.25, -0.2) is 4.98 Å². The summed E-state index contributed by atoms with van der Waals surface area (Å²) in [7, 11) is 3.52. The number of carbonyl (C=O) groups excluding carboxylic acids is 1. The lowest BCUT2D eigenvalue weighted by Crippen LogP contribution is -2.27. The first kappa shape index (κ1) is 12.1. The summed E-state index contributed by atoms with van der Waals surface area (Å²) in [6.45, 7) is 0.428. The third-order valence-corrected chi connectivity index (χ3v) is 2.56. The Balaban J connectivity index is 2.10. The summed E-state index contributed by atoms with van der Waals surface area (Å²) in [4.78, 5) is 24.8. The summed E-state index contributed by atoms with van der Waals surface area (Å²) in [5.41, 5.74) is 1.27. The van der Waals surface area contributed by atoms with Crippen molar-refractivity contribution in [1.29, 1.82) is 0 Å². The highest BCUT2D eigenvalue weighted by Gasteiger charge is 2.14. The molecule has 0 bridgehead atoms. The number of hydrogen-bond donors (Lipinski definition) is 2. The molecule has 0 atom stereocenters. The number of pyridine rings is 1. The van der Waals surface area contributed by atoms with E-state index < -0.39 is 0 Å².